The van der Waals surface area contributed by atoms with Gasteiger partial charge >= 0.3 is 0 Å². The van der Waals surface area contributed by atoms with Crippen LogP contribution in [0.2, 0.25) is 0 Å². The van der Waals surface area contributed by atoms with Crippen molar-refractivity contribution in [3.05, 3.63) is 0 Å². The molecule has 0 heterocycles. The molecule has 0 saturated carbocycles. The third kappa shape index (κ3) is 6.46. The van der Waals surface area contributed by atoms with Crippen LogP contribution < -0.4 is 5.32 Å². The Kier molecular flexibility index (Phi) is 9.99. The lowest BCUT2D eigenvalue weighted by Crippen LogP contribution is -2.46. The van der Waals surface area contributed by atoms with Crippen molar-refractivity contribution in [1.29, 1.82) is 0 Å². The molecule has 0 aromatic carbocycles. The second-order valence-corrected chi connectivity index (χ2v) is 4.62. The summed E-state index contributed by atoms with van der Waals surface area (Å²) in [7, 11) is 3.98. The van der Waals surface area contributed by atoms with Crippen LogP contribution in [0, 0.1) is 0 Å². The number of hydrogen-bond donors (Lipinski definition) is 1. The standard InChI is InChI=1S/C13H30N2O/c1-6-8-13(10-14-9-7-2)15(4)12(3)11-16-5/h12-14H,6-11H2,1-5H3. The van der Waals surface area contributed by atoms with Crippen LogP contribution in [-0.2, 0) is 4.74 Å². The van der Waals surface area contributed by atoms with Crippen LogP contribution >= 0.6 is 0 Å². The maximum Gasteiger partial charge on any atom is 0.0615 e. The average Bonchev–Trinajstić information content (AvgIpc) is 2.27. The molecular formula is C13H30N2O. The van der Waals surface area contributed by atoms with Gasteiger partial charge < -0.3 is 10.1 Å². The molecule has 0 saturated heterocycles. The quantitative estimate of drug-likeness (QED) is 0.582. The smallest absolute Gasteiger partial charge is 0.0615 e. The van der Waals surface area contributed by atoms with E-state index in [2.05, 4.69) is 38.0 Å². The predicted molar refractivity (Wildman–Crippen MR) is 71.0 cm³/mol. The molecule has 0 aliphatic carbocycles. The van der Waals surface area contributed by atoms with E-state index in [1.54, 1.807) is 7.11 Å². The maximum atomic E-state index is 5.22. The molecule has 0 aromatic heterocycles. The van der Waals surface area contributed by atoms with Crippen molar-refractivity contribution in [2.24, 2.45) is 0 Å². The second kappa shape index (κ2) is 10.1. The Balaban J connectivity index is 4.05. The van der Waals surface area contributed by atoms with Gasteiger partial charge in [0.05, 0.1) is 6.61 Å². The lowest BCUT2D eigenvalue weighted by atomic mass is 10.1. The highest BCUT2D eigenvalue weighted by Crippen LogP contribution is 2.08. The van der Waals surface area contributed by atoms with Gasteiger partial charge in [-0.25, -0.2) is 0 Å². The SMILES string of the molecule is CCCNCC(CCC)N(C)C(C)COC. The molecule has 0 aromatic rings. The van der Waals surface area contributed by atoms with Gasteiger partial charge in [0, 0.05) is 25.7 Å². The zero-order valence-electron chi connectivity index (χ0n) is 11.8. The molecule has 98 valence electrons. The Morgan fingerprint density at radius 2 is 1.94 bits per heavy atom. The van der Waals surface area contributed by atoms with E-state index < -0.39 is 0 Å². The lowest BCUT2D eigenvalue weighted by molar-refractivity contribution is 0.0854. The van der Waals surface area contributed by atoms with E-state index in [9.17, 15) is 0 Å². The van der Waals surface area contributed by atoms with Crippen LogP contribution in [0.4, 0.5) is 0 Å². The van der Waals surface area contributed by atoms with E-state index in [4.69, 9.17) is 4.74 Å². The van der Waals surface area contributed by atoms with Crippen LogP contribution in [-0.4, -0.2) is 50.8 Å². The van der Waals surface area contributed by atoms with Gasteiger partial charge in [-0.2, -0.15) is 0 Å². The number of hydrogen-bond acceptors (Lipinski definition) is 3. The van der Waals surface area contributed by atoms with Gasteiger partial charge in [0.2, 0.25) is 0 Å². The minimum absolute atomic E-state index is 0.491. The first kappa shape index (κ1) is 15.9. The summed E-state index contributed by atoms with van der Waals surface area (Å²) < 4.78 is 5.22. The largest absolute Gasteiger partial charge is 0.383 e. The Hall–Kier alpha value is -0.120. The summed E-state index contributed by atoms with van der Waals surface area (Å²) in [5.74, 6) is 0. The summed E-state index contributed by atoms with van der Waals surface area (Å²) in [5, 5.41) is 3.52. The van der Waals surface area contributed by atoms with Gasteiger partial charge in [0.1, 0.15) is 0 Å². The molecular weight excluding hydrogens is 200 g/mol. The highest BCUT2D eigenvalue weighted by Gasteiger charge is 2.18. The number of nitrogens with one attached hydrogen (secondary N) is 1. The molecule has 0 fully saturated rings. The highest BCUT2D eigenvalue weighted by atomic mass is 16.5. The summed E-state index contributed by atoms with van der Waals surface area (Å²) in [6.07, 6.45) is 3.69. The van der Waals surface area contributed by atoms with Crippen molar-refractivity contribution >= 4 is 0 Å². The number of likely N-dealkylation sites (N-methyl/N-ethyl adjacent to an activating group) is 1. The van der Waals surface area contributed by atoms with Gasteiger partial charge in [-0.15, -0.1) is 0 Å². The molecule has 0 spiro atoms. The fraction of sp³-hybridized carbons (Fsp3) is 1.00. The maximum absolute atomic E-state index is 5.22. The Morgan fingerprint density at radius 1 is 1.25 bits per heavy atom. The van der Waals surface area contributed by atoms with E-state index in [1.165, 1.54) is 19.3 Å². The van der Waals surface area contributed by atoms with E-state index in [0.29, 0.717) is 12.1 Å². The average molecular weight is 230 g/mol. The van der Waals surface area contributed by atoms with E-state index in [1.807, 2.05) is 0 Å². The summed E-state index contributed by atoms with van der Waals surface area (Å²) >= 11 is 0. The Bertz CT molecular complexity index is 153. The molecule has 0 aliphatic rings. The normalized spacial score (nSPS) is 15.4. The van der Waals surface area contributed by atoms with Crippen LogP contribution in [0.25, 0.3) is 0 Å². The first-order chi connectivity index (χ1) is 7.67. The van der Waals surface area contributed by atoms with E-state index in [-0.39, 0.29) is 0 Å². The van der Waals surface area contributed by atoms with Gasteiger partial charge in [-0.05, 0) is 33.4 Å². The highest BCUT2D eigenvalue weighted by molar-refractivity contribution is 4.75. The van der Waals surface area contributed by atoms with Gasteiger partial charge in [-0.3, -0.25) is 4.90 Å². The van der Waals surface area contributed by atoms with Gasteiger partial charge in [0.25, 0.3) is 0 Å². The number of rotatable bonds is 10. The molecule has 1 N–H and O–H groups in total. The monoisotopic (exact) mass is 230 g/mol. The van der Waals surface area contributed by atoms with Gasteiger partial charge in [0.15, 0.2) is 0 Å². The van der Waals surface area contributed by atoms with Crippen LogP contribution in [0.3, 0.4) is 0 Å². The molecule has 16 heavy (non-hydrogen) atoms. The number of nitrogens with zero attached hydrogens (tertiary/aromatic N) is 1. The minimum Gasteiger partial charge on any atom is -0.383 e. The van der Waals surface area contributed by atoms with E-state index in [0.717, 1.165) is 19.7 Å². The first-order valence-electron chi connectivity index (χ1n) is 6.58. The summed E-state index contributed by atoms with van der Waals surface area (Å²) in [6.45, 7) is 9.70. The lowest BCUT2D eigenvalue weighted by Gasteiger charge is -2.33. The first-order valence-corrected chi connectivity index (χ1v) is 6.58. The Labute approximate surface area is 102 Å². The molecule has 0 aliphatic heterocycles. The van der Waals surface area contributed by atoms with Crippen LogP contribution in [0.15, 0.2) is 0 Å². The van der Waals surface area contributed by atoms with Crippen molar-refractivity contribution in [3.8, 4) is 0 Å². The molecule has 3 heteroatoms. The molecule has 0 rings (SSSR count). The van der Waals surface area contributed by atoms with Crippen molar-refractivity contribution in [2.75, 3.05) is 33.9 Å². The fourth-order valence-electron chi connectivity index (χ4n) is 1.95. The Morgan fingerprint density at radius 3 is 2.44 bits per heavy atom. The van der Waals surface area contributed by atoms with Gasteiger partial charge in [-0.1, -0.05) is 20.3 Å². The molecule has 0 radical (unpaired) electrons. The minimum atomic E-state index is 0.491. The van der Waals surface area contributed by atoms with Crippen molar-refractivity contribution < 1.29 is 4.74 Å². The third-order valence-corrected chi connectivity index (χ3v) is 3.11. The fourth-order valence-corrected chi connectivity index (χ4v) is 1.95. The second-order valence-electron chi connectivity index (χ2n) is 4.62. The summed E-state index contributed by atoms with van der Waals surface area (Å²) in [5.41, 5.74) is 0. The van der Waals surface area contributed by atoms with Crippen LogP contribution in [0.1, 0.15) is 40.0 Å². The van der Waals surface area contributed by atoms with Crippen molar-refractivity contribution in [2.45, 2.75) is 52.1 Å². The molecule has 2 atom stereocenters. The van der Waals surface area contributed by atoms with E-state index >= 15 is 0 Å². The number of ether oxygens (including phenoxy) is 1. The summed E-state index contributed by atoms with van der Waals surface area (Å²) in [6, 6.07) is 1.12. The van der Waals surface area contributed by atoms with Crippen LogP contribution in [0.5, 0.6) is 0 Å². The number of methoxy groups -OCH3 is 1. The molecule has 0 amide bonds. The third-order valence-electron chi connectivity index (χ3n) is 3.11. The van der Waals surface area contributed by atoms with Crippen molar-refractivity contribution in [1.82, 2.24) is 10.2 Å². The topological polar surface area (TPSA) is 24.5 Å². The summed E-state index contributed by atoms with van der Waals surface area (Å²) in [4.78, 5) is 2.44. The molecule has 3 nitrogen and oxygen atoms in total. The molecule has 0 bridgehead atoms. The predicted octanol–water partition coefficient (Wildman–Crippen LogP) is 2.12. The van der Waals surface area contributed by atoms with Crippen molar-refractivity contribution in [3.63, 3.8) is 0 Å². The zero-order chi connectivity index (χ0) is 12.4. The zero-order valence-corrected chi connectivity index (χ0v) is 11.8. The molecule has 2 unspecified atom stereocenters.